The van der Waals surface area contributed by atoms with Crippen molar-refractivity contribution in [2.24, 2.45) is 0 Å². The van der Waals surface area contributed by atoms with E-state index in [1.165, 1.54) is 13.2 Å². The topological polar surface area (TPSA) is 220 Å². The zero-order valence-electron chi connectivity index (χ0n) is 18.0. The van der Waals surface area contributed by atoms with Crippen LogP contribution in [-0.4, -0.2) is 85.3 Å². The number of hydrogen-bond acceptors (Lipinski definition) is 13. The van der Waals surface area contributed by atoms with Gasteiger partial charge in [0.05, 0.1) is 13.7 Å². The maximum atomic E-state index is 13.5. The minimum absolute atomic E-state index is 0.0243. The van der Waals surface area contributed by atoms with Crippen molar-refractivity contribution < 1.29 is 59.5 Å². The summed E-state index contributed by atoms with van der Waals surface area (Å²) < 4.78 is 21.7. The number of fused-ring (bicyclic) bond motifs is 1. The van der Waals surface area contributed by atoms with Gasteiger partial charge in [0.2, 0.25) is 23.2 Å². The zero-order chi connectivity index (χ0) is 25.6. The van der Waals surface area contributed by atoms with Gasteiger partial charge in [0, 0.05) is 11.6 Å². The number of hydrogen-bond donors (Lipinski definition) is 8. The minimum Gasteiger partial charge on any atom is -0.507 e. The van der Waals surface area contributed by atoms with Gasteiger partial charge in [-0.3, -0.25) is 4.79 Å². The molecule has 1 saturated heterocycles. The average molecular weight is 494 g/mol. The van der Waals surface area contributed by atoms with E-state index >= 15 is 0 Å². The van der Waals surface area contributed by atoms with Gasteiger partial charge in [-0.05, 0) is 18.2 Å². The van der Waals surface area contributed by atoms with Gasteiger partial charge < -0.3 is 59.5 Å². The largest absolute Gasteiger partial charge is 0.507 e. The molecule has 8 N–H and O–H groups in total. The monoisotopic (exact) mass is 494 g/mol. The van der Waals surface area contributed by atoms with Crippen molar-refractivity contribution in [3.8, 4) is 45.8 Å². The lowest BCUT2D eigenvalue weighted by atomic mass is 9.99. The summed E-state index contributed by atoms with van der Waals surface area (Å²) in [7, 11) is 1.18. The molecule has 3 aromatic rings. The molecule has 2 heterocycles. The number of phenolic OH excluding ortho intramolecular Hbond substituents is 4. The summed E-state index contributed by atoms with van der Waals surface area (Å²) in [6, 6.07) is 4.19. The highest BCUT2D eigenvalue weighted by Gasteiger charge is 2.45. The van der Waals surface area contributed by atoms with E-state index in [0.717, 1.165) is 18.2 Å². The summed E-state index contributed by atoms with van der Waals surface area (Å²) in [6.07, 6.45) is -8.53. The number of rotatable bonds is 5. The third kappa shape index (κ3) is 4.05. The van der Waals surface area contributed by atoms with Crippen LogP contribution in [0.15, 0.2) is 33.5 Å². The van der Waals surface area contributed by atoms with Crippen molar-refractivity contribution in [1.82, 2.24) is 0 Å². The lowest BCUT2D eigenvalue weighted by Gasteiger charge is -2.39. The Morgan fingerprint density at radius 1 is 0.886 bits per heavy atom. The van der Waals surface area contributed by atoms with Crippen LogP contribution in [0.1, 0.15) is 0 Å². The van der Waals surface area contributed by atoms with Gasteiger partial charge in [0.1, 0.15) is 35.6 Å². The van der Waals surface area contributed by atoms with E-state index in [1.54, 1.807) is 0 Å². The Labute approximate surface area is 195 Å². The quantitative estimate of drug-likeness (QED) is 0.209. The second-order valence-electron chi connectivity index (χ2n) is 7.76. The van der Waals surface area contributed by atoms with E-state index in [1.807, 2.05) is 0 Å². The molecule has 5 atom stereocenters. The van der Waals surface area contributed by atoms with Gasteiger partial charge in [-0.1, -0.05) is 0 Å². The van der Waals surface area contributed by atoms with E-state index in [9.17, 15) is 45.6 Å². The normalized spacial score (nSPS) is 24.4. The first-order valence-electron chi connectivity index (χ1n) is 10.2. The van der Waals surface area contributed by atoms with Crippen molar-refractivity contribution in [1.29, 1.82) is 0 Å². The van der Waals surface area contributed by atoms with Gasteiger partial charge in [0.25, 0.3) is 0 Å². The molecule has 0 amide bonds. The van der Waals surface area contributed by atoms with E-state index in [2.05, 4.69) is 0 Å². The second kappa shape index (κ2) is 9.13. The number of aromatic hydroxyl groups is 4. The molecule has 2 aromatic carbocycles. The van der Waals surface area contributed by atoms with Gasteiger partial charge in [0.15, 0.2) is 28.6 Å². The molecule has 1 fully saturated rings. The van der Waals surface area contributed by atoms with E-state index in [0.29, 0.717) is 0 Å². The minimum atomic E-state index is -1.88. The molecule has 4 rings (SSSR count). The van der Waals surface area contributed by atoms with Crippen molar-refractivity contribution in [2.75, 3.05) is 13.7 Å². The highest BCUT2D eigenvalue weighted by atomic mass is 16.7. The van der Waals surface area contributed by atoms with Crippen LogP contribution in [0.3, 0.4) is 0 Å². The molecule has 13 nitrogen and oxygen atoms in total. The SMILES string of the molecule is COc1c(O)cc(O)c2c(=O)c(O[C@@H]3O[C@H](CO)[C@@H](O)C(O)C3O)c(-c3ccc(O)c(O)c3)oc12. The van der Waals surface area contributed by atoms with Gasteiger partial charge in [-0.15, -0.1) is 0 Å². The van der Waals surface area contributed by atoms with Gasteiger partial charge in [-0.25, -0.2) is 0 Å². The fourth-order valence-electron chi connectivity index (χ4n) is 3.74. The molecular weight excluding hydrogens is 472 g/mol. The number of aliphatic hydroxyl groups excluding tert-OH is 4. The predicted molar refractivity (Wildman–Crippen MR) is 116 cm³/mol. The molecule has 0 bridgehead atoms. The smallest absolute Gasteiger partial charge is 0.239 e. The lowest BCUT2D eigenvalue weighted by Crippen LogP contribution is -2.60. The van der Waals surface area contributed by atoms with Crippen molar-refractivity contribution >= 4 is 11.0 Å². The van der Waals surface area contributed by atoms with Crippen LogP contribution in [0.4, 0.5) is 0 Å². The van der Waals surface area contributed by atoms with Crippen LogP contribution >= 0.6 is 0 Å². The van der Waals surface area contributed by atoms with Crippen molar-refractivity contribution in [2.45, 2.75) is 30.7 Å². The van der Waals surface area contributed by atoms with Crippen LogP contribution < -0.4 is 14.9 Å². The number of methoxy groups -OCH3 is 1. The Kier molecular flexibility index (Phi) is 6.36. The molecular formula is C22H22O13. The highest BCUT2D eigenvalue weighted by molar-refractivity contribution is 5.93. The molecule has 1 aromatic heterocycles. The maximum absolute atomic E-state index is 13.5. The summed E-state index contributed by atoms with van der Waals surface area (Å²) in [4.78, 5) is 13.5. The molecule has 0 radical (unpaired) electrons. The molecule has 0 spiro atoms. The lowest BCUT2D eigenvalue weighted by molar-refractivity contribution is -0.277. The molecule has 1 aliphatic rings. The third-order valence-electron chi connectivity index (χ3n) is 5.56. The van der Waals surface area contributed by atoms with Gasteiger partial charge in [-0.2, -0.15) is 0 Å². The molecule has 35 heavy (non-hydrogen) atoms. The third-order valence-corrected chi connectivity index (χ3v) is 5.56. The maximum Gasteiger partial charge on any atom is 0.239 e. The van der Waals surface area contributed by atoms with E-state index < -0.39 is 88.2 Å². The van der Waals surface area contributed by atoms with E-state index in [4.69, 9.17) is 18.6 Å². The number of ether oxygens (including phenoxy) is 3. The van der Waals surface area contributed by atoms with E-state index in [-0.39, 0.29) is 11.3 Å². The summed E-state index contributed by atoms with van der Waals surface area (Å²) in [5.74, 6) is -3.71. The second-order valence-corrected chi connectivity index (χ2v) is 7.76. The summed E-state index contributed by atoms with van der Waals surface area (Å²) in [5.41, 5.74) is -1.44. The Bertz CT molecular complexity index is 1320. The molecule has 188 valence electrons. The molecule has 2 unspecified atom stereocenters. The fraction of sp³-hybridized carbons (Fsp3) is 0.318. The number of phenols is 4. The molecule has 1 aliphatic heterocycles. The highest BCUT2D eigenvalue weighted by Crippen LogP contribution is 2.44. The Balaban J connectivity index is 1.97. The van der Waals surface area contributed by atoms with Crippen LogP contribution in [0, 0.1) is 0 Å². The fourth-order valence-corrected chi connectivity index (χ4v) is 3.74. The molecule has 0 saturated carbocycles. The van der Waals surface area contributed by atoms with Crippen LogP contribution in [0.2, 0.25) is 0 Å². The van der Waals surface area contributed by atoms with Crippen LogP contribution in [0.5, 0.6) is 34.5 Å². The van der Waals surface area contributed by atoms with Gasteiger partial charge >= 0.3 is 0 Å². The Morgan fingerprint density at radius 3 is 2.23 bits per heavy atom. The first kappa shape index (κ1) is 24.4. The first-order valence-corrected chi connectivity index (χ1v) is 10.2. The average Bonchev–Trinajstić information content (AvgIpc) is 2.82. The summed E-state index contributed by atoms with van der Waals surface area (Å²) in [5, 5.41) is 79.4. The molecule has 0 aliphatic carbocycles. The first-order chi connectivity index (χ1) is 16.6. The summed E-state index contributed by atoms with van der Waals surface area (Å²) in [6.45, 7) is -0.757. The summed E-state index contributed by atoms with van der Waals surface area (Å²) >= 11 is 0. The van der Waals surface area contributed by atoms with Crippen LogP contribution in [0.25, 0.3) is 22.3 Å². The Hall–Kier alpha value is -3.75. The number of aliphatic hydroxyl groups is 4. The Morgan fingerprint density at radius 2 is 1.60 bits per heavy atom. The standard InChI is InChI=1S/C22H22O13/c1-32-19-11(27)5-10(26)13-15(29)21(35-22-17(31)16(30)14(28)12(6-23)33-22)18(34-20(13)19)7-2-3-8(24)9(25)4-7/h2-5,12,14,16-17,22-28,30-31H,6H2,1H3/t12-,14-,16?,17?,22+/m1/s1. The predicted octanol–water partition coefficient (Wildman–Crippen LogP) is -0.530. The number of benzene rings is 2. The van der Waals surface area contributed by atoms with Crippen molar-refractivity contribution in [3.63, 3.8) is 0 Å². The van der Waals surface area contributed by atoms with Crippen LogP contribution in [-0.2, 0) is 4.74 Å². The van der Waals surface area contributed by atoms with Crippen molar-refractivity contribution in [3.05, 3.63) is 34.5 Å². The zero-order valence-corrected chi connectivity index (χ0v) is 18.0. The molecule has 13 heteroatoms.